The minimum atomic E-state index is -2.10. The number of esters is 1. The standard InChI is InChI=1S/C46H46N6O19/c1-19-9-34(55)51(40(19)59)8-6-32(53)47-7-5-33(54)49-27-10-20(3-4-29(27)70-43-38(58)36(56)37(57)39(71-43)42(61)62)16-67-45(64)48-14-22-21-11-30-31(69-18-68-30)13-26(21)50-35-23(22)15-52-28(35)12-25-24(41(52)60)17-66-44(63)46(25,2)65/h3-4,10-13,19,36-39,43,56-58,65H,5-9,14-18H2,1-2H3,(H,47,53)(H,48,64)(H,49,54)(H,61,62)/t19?,36?,37-,38?,39?,43+,46-/m0/s1. The number of pyridine rings is 2. The van der Waals surface area contributed by atoms with Gasteiger partial charge in [0.2, 0.25) is 36.7 Å². The first-order valence-corrected chi connectivity index (χ1v) is 22.3. The van der Waals surface area contributed by atoms with E-state index in [2.05, 4.69) is 16.0 Å². The monoisotopic (exact) mass is 986 g/mol. The number of imide groups is 1. The van der Waals surface area contributed by atoms with Crippen LogP contribution in [0.4, 0.5) is 10.5 Å². The summed E-state index contributed by atoms with van der Waals surface area (Å²) in [4.78, 5) is 108. The van der Waals surface area contributed by atoms with Gasteiger partial charge in [-0.15, -0.1) is 0 Å². The average molecular weight is 987 g/mol. The molecule has 0 bridgehead atoms. The van der Waals surface area contributed by atoms with Crippen LogP contribution in [-0.2, 0) is 74.9 Å². The number of aromatic nitrogens is 2. The Kier molecular flexibility index (Phi) is 12.9. The summed E-state index contributed by atoms with van der Waals surface area (Å²) >= 11 is 0. The van der Waals surface area contributed by atoms with Gasteiger partial charge in [-0.1, -0.05) is 13.0 Å². The van der Waals surface area contributed by atoms with E-state index in [0.717, 1.165) is 4.90 Å². The highest BCUT2D eigenvalue weighted by Gasteiger charge is 2.48. The van der Waals surface area contributed by atoms with E-state index in [1.54, 1.807) is 19.1 Å². The molecular weight excluding hydrogens is 941 g/mol. The van der Waals surface area contributed by atoms with Gasteiger partial charge in [-0.2, -0.15) is 0 Å². The number of alkyl carbamates (subject to hydrolysis) is 1. The van der Waals surface area contributed by atoms with Gasteiger partial charge in [0.25, 0.3) is 5.56 Å². The number of fused-ring (bicyclic) bond motifs is 6. The molecule has 374 valence electrons. The minimum Gasteiger partial charge on any atom is -0.479 e. The molecule has 5 aliphatic heterocycles. The first-order valence-electron chi connectivity index (χ1n) is 22.3. The Hall–Kier alpha value is -7.71. The van der Waals surface area contributed by atoms with Crippen molar-refractivity contribution in [3.63, 3.8) is 0 Å². The smallest absolute Gasteiger partial charge is 0.407 e. The van der Waals surface area contributed by atoms with E-state index in [1.165, 1.54) is 35.8 Å². The number of rotatable bonds is 14. The van der Waals surface area contributed by atoms with Crippen molar-refractivity contribution in [3.05, 3.63) is 74.6 Å². The number of nitrogens with one attached hydrogen (secondary N) is 3. The Bertz CT molecular complexity index is 2990. The molecule has 25 nitrogen and oxygen atoms in total. The lowest BCUT2D eigenvalue weighted by molar-refractivity contribution is -0.271. The van der Waals surface area contributed by atoms with E-state index in [-0.39, 0.29) is 98.8 Å². The van der Waals surface area contributed by atoms with Gasteiger partial charge in [-0.25, -0.2) is 19.4 Å². The number of benzene rings is 2. The van der Waals surface area contributed by atoms with Crippen LogP contribution in [0.3, 0.4) is 0 Å². The van der Waals surface area contributed by atoms with Gasteiger partial charge in [-0.3, -0.25) is 28.9 Å². The number of amides is 5. The molecule has 0 spiro atoms. The van der Waals surface area contributed by atoms with Crippen LogP contribution in [0.1, 0.15) is 60.9 Å². The molecule has 71 heavy (non-hydrogen) atoms. The van der Waals surface area contributed by atoms with Crippen LogP contribution in [0.5, 0.6) is 17.2 Å². The fourth-order valence-electron chi connectivity index (χ4n) is 8.92. The summed E-state index contributed by atoms with van der Waals surface area (Å²) in [5.41, 5.74) is -0.0847. The second-order valence-electron chi connectivity index (χ2n) is 17.6. The number of carboxylic acid groups (broad SMARTS) is 1. The Morgan fingerprint density at radius 2 is 1.68 bits per heavy atom. The van der Waals surface area contributed by atoms with Crippen LogP contribution >= 0.6 is 0 Å². The number of aliphatic hydroxyl groups is 4. The van der Waals surface area contributed by atoms with Crippen LogP contribution in [0.25, 0.3) is 22.3 Å². The lowest BCUT2D eigenvalue weighted by Crippen LogP contribution is -2.61. The van der Waals surface area contributed by atoms with Crippen molar-refractivity contribution >= 4 is 58.3 Å². The predicted molar refractivity (Wildman–Crippen MR) is 236 cm³/mol. The van der Waals surface area contributed by atoms with Crippen molar-refractivity contribution in [1.29, 1.82) is 0 Å². The van der Waals surface area contributed by atoms with E-state index in [0.29, 0.717) is 44.9 Å². The van der Waals surface area contributed by atoms with Gasteiger partial charge >= 0.3 is 18.0 Å². The lowest BCUT2D eigenvalue weighted by Gasteiger charge is -2.38. The number of aliphatic carboxylic acids is 1. The summed E-state index contributed by atoms with van der Waals surface area (Å²) < 4.78 is 34.3. The maximum atomic E-state index is 13.8. The van der Waals surface area contributed by atoms with Crippen molar-refractivity contribution in [2.75, 3.05) is 25.2 Å². The van der Waals surface area contributed by atoms with Crippen LogP contribution in [0, 0.1) is 5.92 Å². The number of nitrogens with zero attached hydrogens (tertiary/aromatic N) is 3. The molecule has 0 saturated carbocycles. The fourth-order valence-corrected chi connectivity index (χ4v) is 8.92. The normalized spacial score (nSPS) is 23.9. The topological polar surface area (TPSA) is 350 Å². The average Bonchev–Trinajstić information content (AvgIpc) is 4.01. The zero-order chi connectivity index (χ0) is 50.6. The Morgan fingerprint density at radius 3 is 2.41 bits per heavy atom. The molecule has 7 atom stereocenters. The highest BCUT2D eigenvalue weighted by molar-refractivity contribution is 6.03. The maximum absolute atomic E-state index is 13.8. The zero-order valence-electron chi connectivity index (χ0n) is 37.8. The van der Waals surface area contributed by atoms with Crippen molar-refractivity contribution in [2.45, 2.75) is 95.7 Å². The van der Waals surface area contributed by atoms with Gasteiger partial charge in [0.15, 0.2) is 23.2 Å². The van der Waals surface area contributed by atoms with Gasteiger partial charge in [0, 0.05) is 67.4 Å². The number of carbonyl (C=O) groups is 7. The van der Waals surface area contributed by atoms with E-state index in [9.17, 15) is 63.9 Å². The van der Waals surface area contributed by atoms with E-state index in [4.69, 9.17) is 33.4 Å². The summed E-state index contributed by atoms with van der Waals surface area (Å²) in [5.74, 6) is -4.42. The Balaban J connectivity index is 0.910. The second-order valence-corrected chi connectivity index (χ2v) is 17.6. The van der Waals surface area contributed by atoms with Crippen LogP contribution in [0.2, 0.25) is 0 Å². The first-order chi connectivity index (χ1) is 33.8. The number of carbonyl (C=O) groups excluding carboxylic acids is 6. The van der Waals surface area contributed by atoms with E-state index in [1.807, 2.05) is 0 Å². The Morgan fingerprint density at radius 1 is 0.915 bits per heavy atom. The number of carboxylic acids is 1. The van der Waals surface area contributed by atoms with Crippen LogP contribution in [-0.4, -0.2) is 132 Å². The molecule has 8 N–H and O–H groups in total. The summed E-state index contributed by atoms with van der Waals surface area (Å²) in [6, 6.07) is 8.88. The summed E-state index contributed by atoms with van der Waals surface area (Å²) in [6.07, 6.45) is -11.2. The maximum Gasteiger partial charge on any atom is 0.407 e. The summed E-state index contributed by atoms with van der Waals surface area (Å²) in [5, 5.41) is 60.2. The largest absolute Gasteiger partial charge is 0.479 e. The van der Waals surface area contributed by atoms with Gasteiger partial charge < -0.3 is 74.5 Å². The molecule has 5 aliphatic rings. The number of cyclic esters (lactones) is 1. The molecule has 4 unspecified atom stereocenters. The summed E-state index contributed by atoms with van der Waals surface area (Å²) in [6.45, 7) is 1.60. The fraction of sp³-hybridized carbons (Fsp3) is 0.413. The van der Waals surface area contributed by atoms with Gasteiger partial charge in [0.05, 0.1) is 34.7 Å². The molecule has 9 rings (SSSR count). The number of hydrogen-bond donors (Lipinski definition) is 8. The zero-order valence-corrected chi connectivity index (χ0v) is 37.8. The molecule has 2 aromatic carbocycles. The van der Waals surface area contributed by atoms with Crippen LogP contribution in [0.15, 0.2) is 41.2 Å². The third-order valence-corrected chi connectivity index (χ3v) is 12.8. The van der Waals surface area contributed by atoms with Gasteiger partial charge in [-0.05, 0) is 42.3 Å². The number of ether oxygens (including phenoxy) is 6. The highest BCUT2D eigenvalue weighted by atomic mass is 16.7. The third-order valence-electron chi connectivity index (χ3n) is 12.8. The molecule has 7 heterocycles. The molecular formula is C46H46N6O19. The molecule has 5 amide bonds. The third kappa shape index (κ3) is 9.15. The molecule has 0 aliphatic carbocycles. The molecule has 2 saturated heterocycles. The number of aliphatic hydroxyl groups excluding tert-OH is 3. The number of hydrogen-bond acceptors (Lipinski definition) is 19. The Labute approximate surface area is 400 Å². The van der Waals surface area contributed by atoms with E-state index >= 15 is 0 Å². The molecule has 0 radical (unpaired) electrons. The lowest BCUT2D eigenvalue weighted by atomic mass is 9.89. The summed E-state index contributed by atoms with van der Waals surface area (Å²) in [7, 11) is 0. The van der Waals surface area contributed by atoms with Crippen molar-refractivity contribution < 1.29 is 87.5 Å². The molecule has 25 heteroatoms. The highest BCUT2D eigenvalue weighted by Crippen LogP contribution is 2.43. The number of likely N-dealkylation sites (tertiary alicyclic amines) is 1. The molecule has 2 aromatic heterocycles. The van der Waals surface area contributed by atoms with Gasteiger partial charge in [0.1, 0.15) is 37.3 Å². The SMILES string of the molecule is CC1CC(=O)N(CCC(=O)NCCC(=O)Nc2cc(COC(=O)NCc3c4c(nc5cc6c(cc35)OCO6)-c3cc5c(c(=O)n3C4)COC(=O)[C@@]5(C)O)ccc2O[C@@H]2OC(C(=O)O)[C@@H](O)C(O)C2O)C1=O. The molecule has 4 aromatic rings. The minimum absolute atomic E-state index is 0.00743. The first kappa shape index (κ1) is 48.3. The molecule has 2 fully saturated rings. The predicted octanol–water partition coefficient (Wildman–Crippen LogP) is -0.654. The van der Waals surface area contributed by atoms with Crippen molar-refractivity contribution in [3.8, 4) is 28.6 Å². The number of anilines is 1. The van der Waals surface area contributed by atoms with E-state index < -0.39 is 84.2 Å². The second kappa shape index (κ2) is 18.9. The quantitative estimate of drug-likeness (QED) is 0.0506. The van der Waals surface area contributed by atoms with Crippen molar-refractivity contribution in [1.82, 2.24) is 25.1 Å². The van der Waals surface area contributed by atoms with Crippen LogP contribution < -0.4 is 35.7 Å². The van der Waals surface area contributed by atoms with Crippen molar-refractivity contribution in [2.24, 2.45) is 5.92 Å².